The standard InChI is InChI=1S/C18H26O5/c1-13(10-15-5-6-16(11-20)23-15)4-7-18(21)17(8-9-19)14(2)12-22-3/h5-6,8,10,18-21H,2,4,7,9,11-12H2,1,3H3/b13-10+,17-8-. The van der Waals surface area contributed by atoms with Crippen molar-refractivity contribution in [1.82, 2.24) is 0 Å². The molecule has 1 rings (SSSR count). The van der Waals surface area contributed by atoms with E-state index in [4.69, 9.17) is 19.4 Å². The van der Waals surface area contributed by atoms with Gasteiger partial charge in [0, 0.05) is 7.11 Å². The van der Waals surface area contributed by atoms with Crippen molar-refractivity contribution in [2.75, 3.05) is 20.3 Å². The summed E-state index contributed by atoms with van der Waals surface area (Å²) in [5, 5.41) is 28.4. The van der Waals surface area contributed by atoms with E-state index in [0.29, 0.717) is 42.1 Å². The molecule has 0 saturated heterocycles. The molecule has 5 heteroatoms. The minimum Gasteiger partial charge on any atom is -0.459 e. The average molecular weight is 322 g/mol. The van der Waals surface area contributed by atoms with E-state index in [9.17, 15) is 5.11 Å². The topological polar surface area (TPSA) is 83.1 Å². The van der Waals surface area contributed by atoms with E-state index >= 15 is 0 Å². The quantitative estimate of drug-likeness (QED) is 0.576. The number of allylic oxidation sites excluding steroid dienone is 1. The smallest absolute Gasteiger partial charge is 0.130 e. The van der Waals surface area contributed by atoms with E-state index in [1.807, 2.05) is 13.0 Å². The molecular formula is C18H26O5. The zero-order valence-corrected chi connectivity index (χ0v) is 13.8. The number of hydrogen-bond acceptors (Lipinski definition) is 5. The molecule has 0 aliphatic rings. The summed E-state index contributed by atoms with van der Waals surface area (Å²) >= 11 is 0. The number of hydrogen-bond donors (Lipinski definition) is 3. The van der Waals surface area contributed by atoms with Gasteiger partial charge in [0.1, 0.15) is 18.1 Å². The maximum atomic E-state index is 10.3. The number of rotatable bonds is 10. The van der Waals surface area contributed by atoms with Crippen molar-refractivity contribution in [2.45, 2.75) is 32.5 Å². The van der Waals surface area contributed by atoms with Crippen LogP contribution < -0.4 is 0 Å². The number of aliphatic hydroxyl groups is 3. The Hall–Kier alpha value is -1.66. The minimum absolute atomic E-state index is 0.122. The molecule has 0 aliphatic heterocycles. The molecular weight excluding hydrogens is 296 g/mol. The Morgan fingerprint density at radius 3 is 2.70 bits per heavy atom. The van der Waals surface area contributed by atoms with Crippen LogP contribution in [0.25, 0.3) is 6.08 Å². The molecule has 3 N–H and O–H groups in total. The Morgan fingerprint density at radius 1 is 1.39 bits per heavy atom. The molecule has 5 nitrogen and oxygen atoms in total. The molecule has 0 aromatic carbocycles. The second-order valence-corrected chi connectivity index (χ2v) is 5.39. The fraction of sp³-hybridized carbons (Fsp3) is 0.444. The summed E-state index contributed by atoms with van der Waals surface area (Å²) < 4.78 is 10.4. The molecule has 1 aromatic heterocycles. The average Bonchev–Trinajstić information content (AvgIpc) is 2.98. The van der Waals surface area contributed by atoms with E-state index in [1.165, 1.54) is 0 Å². The van der Waals surface area contributed by atoms with Crippen LogP contribution in [0.5, 0.6) is 0 Å². The van der Waals surface area contributed by atoms with Crippen LogP contribution in [-0.2, 0) is 11.3 Å². The van der Waals surface area contributed by atoms with Crippen LogP contribution in [0.3, 0.4) is 0 Å². The predicted octanol–water partition coefficient (Wildman–Crippen LogP) is 2.44. The Kier molecular flexibility index (Phi) is 8.58. The number of aliphatic hydroxyl groups excluding tert-OH is 3. The molecule has 0 saturated carbocycles. The van der Waals surface area contributed by atoms with Gasteiger partial charge in [0.05, 0.1) is 19.3 Å². The number of ether oxygens (including phenoxy) is 1. The zero-order valence-electron chi connectivity index (χ0n) is 13.8. The van der Waals surface area contributed by atoms with Gasteiger partial charge in [0.15, 0.2) is 0 Å². The van der Waals surface area contributed by atoms with Crippen LogP contribution in [0.15, 0.2) is 45.9 Å². The molecule has 0 bridgehead atoms. The summed E-state index contributed by atoms with van der Waals surface area (Å²) in [6.07, 6.45) is 3.90. The molecule has 128 valence electrons. The first-order valence-electron chi connectivity index (χ1n) is 7.54. The van der Waals surface area contributed by atoms with Crippen LogP contribution in [-0.4, -0.2) is 41.7 Å². The molecule has 0 aliphatic carbocycles. The largest absolute Gasteiger partial charge is 0.459 e. The lowest BCUT2D eigenvalue weighted by atomic mass is 9.96. The van der Waals surface area contributed by atoms with Crippen LogP contribution in [0.4, 0.5) is 0 Å². The molecule has 0 radical (unpaired) electrons. The van der Waals surface area contributed by atoms with Gasteiger partial charge in [-0.15, -0.1) is 0 Å². The Balaban J connectivity index is 2.63. The molecule has 1 aromatic rings. The second kappa shape index (κ2) is 10.2. The van der Waals surface area contributed by atoms with Crippen LogP contribution in [0.1, 0.15) is 31.3 Å². The van der Waals surface area contributed by atoms with E-state index in [1.54, 1.807) is 25.3 Å². The summed E-state index contributed by atoms with van der Waals surface area (Å²) in [6, 6.07) is 3.52. The van der Waals surface area contributed by atoms with Crippen LogP contribution in [0.2, 0.25) is 0 Å². The Labute approximate surface area is 137 Å². The second-order valence-electron chi connectivity index (χ2n) is 5.39. The van der Waals surface area contributed by atoms with Gasteiger partial charge < -0.3 is 24.5 Å². The van der Waals surface area contributed by atoms with Gasteiger partial charge in [-0.3, -0.25) is 0 Å². The van der Waals surface area contributed by atoms with E-state index in [-0.39, 0.29) is 13.2 Å². The highest BCUT2D eigenvalue weighted by molar-refractivity contribution is 5.47. The lowest BCUT2D eigenvalue weighted by Crippen LogP contribution is -2.15. The number of methoxy groups -OCH3 is 1. The van der Waals surface area contributed by atoms with Crippen molar-refractivity contribution in [2.24, 2.45) is 0 Å². The van der Waals surface area contributed by atoms with Gasteiger partial charge in [-0.05, 0) is 49.1 Å². The summed E-state index contributed by atoms with van der Waals surface area (Å²) in [5.74, 6) is 1.20. The summed E-state index contributed by atoms with van der Waals surface area (Å²) in [5.41, 5.74) is 2.32. The highest BCUT2D eigenvalue weighted by atomic mass is 16.5. The summed E-state index contributed by atoms with van der Waals surface area (Å²) in [7, 11) is 1.56. The predicted molar refractivity (Wildman–Crippen MR) is 89.7 cm³/mol. The molecule has 0 amide bonds. The van der Waals surface area contributed by atoms with Crippen molar-refractivity contribution in [3.8, 4) is 0 Å². The first-order chi connectivity index (χ1) is 11.0. The van der Waals surface area contributed by atoms with E-state index in [0.717, 1.165) is 5.57 Å². The van der Waals surface area contributed by atoms with Gasteiger partial charge in [0.2, 0.25) is 0 Å². The first kappa shape index (κ1) is 19.4. The van der Waals surface area contributed by atoms with Crippen molar-refractivity contribution in [3.63, 3.8) is 0 Å². The fourth-order valence-electron chi connectivity index (χ4n) is 2.26. The maximum absolute atomic E-state index is 10.3. The highest BCUT2D eigenvalue weighted by Crippen LogP contribution is 2.20. The van der Waals surface area contributed by atoms with Gasteiger partial charge in [-0.25, -0.2) is 0 Å². The third kappa shape index (κ3) is 6.54. The van der Waals surface area contributed by atoms with Gasteiger partial charge in [-0.2, -0.15) is 0 Å². The third-order valence-electron chi connectivity index (χ3n) is 3.44. The Bertz CT molecular complexity index is 554. The minimum atomic E-state index is -0.710. The Morgan fingerprint density at radius 2 is 2.13 bits per heavy atom. The van der Waals surface area contributed by atoms with Crippen molar-refractivity contribution in [3.05, 3.63) is 53.0 Å². The highest BCUT2D eigenvalue weighted by Gasteiger charge is 2.14. The third-order valence-corrected chi connectivity index (χ3v) is 3.44. The van der Waals surface area contributed by atoms with Gasteiger partial charge >= 0.3 is 0 Å². The van der Waals surface area contributed by atoms with Gasteiger partial charge in [0.25, 0.3) is 0 Å². The molecule has 1 heterocycles. The molecule has 0 fully saturated rings. The zero-order chi connectivity index (χ0) is 17.2. The SMILES string of the molecule is C=C(COC)/C(=C/CO)C(O)CC/C(C)=C/c1ccc(CO)o1. The molecule has 1 atom stereocenters. The normalized spacial score (nSPS) is 14.1. The molecule has 1 unspecified atom stereocenters. The first-order valence-corrected chi connectivity index (χ1v) is 7.54. The van der Waals surface area contributed by atoms with Crippen molar-refractivity contribution < 1.29 is 24.5 Å². The monoisotopic (exact) mass is 322 g/mol. The molecule has 23 heavy (non-hydrogen) atoms. The van der Waals surface area contributed by atoms with Crippen LogP contribution >= 0.6 is 0 Å². The van der Waals surface area contributed by atoms with Gasteiger partial charge in [-0.1, -0.05) is 18.2 Å². The maximum Gasteiger partial charge on any atom is 0.130 e. The van der Waals surface area contributed by atoms with Crippen molar-refractivity contribution >= 4 is 6.08 Å². The van der Waals surface area contributed by atoms with Crippen LogP contribution in [0, 0.1) is 0 Å². The summed E-state index contributed by atoms with van der Waals surface area (Å²) in [4.78, 5) is 0. The molecule has 0 spiro atoms. The fourth-order valence-corrected chi connectivity index (χ4v) is 2.26. The summed E-state index contributed by atoms with van der Waals surface area (Å²) in [6.45, 7) is 5.86. The number of furan rings is 1. The van der Waals surface area contributed by atoms with E-state index < -0.39 is 6.10 Å². The van der Waals surface area contributed by atoms with E-state index in [2.05, 4.69) is 6.58 Å². The lowest BCUT2D eigenvalue weighted by Gasteiger charge is -2.17. The lowest BCUT2D eigenvalue weighted by molar-refractivity contribution is 0.189. The van der Waals surface area contributed by atoms with Crippen molar-refractivity contribution in [1.29, 1.82) is 0 Å².